The van der Waals surface area contributed by atoms with E-state index in [1.165, 1.54) is 28.9 Å². The van der Waals surface area contributed by atoms with Crippen LogP contribution in [0.3, 0.4) is 0 Å². The van der Waals surface area contributed by atoms with Gasteiger partial charge in [0.1, 0.15) is 11.5 Å². The van der Waals surface area contributed by atoms with Crippen LogP contribution in [0.4, 0.5) is 5.00 Å². The number of benzene rings is 1. The van der Waals surface area contributed by atoms with Gasteiger partial charge in [-0.2, -0.15) is 5.10 Å². The Bertz CT molecular complexity index is 1420. The van der Waals surface area contributed by atoms with E-state index in [0.29, 0.717) is 16.2 Å². The molecule has 4 aromatic rings. The average Bonchev–Trinajstić information content (AvgIpc) is 3.25. The highest BCUT2D eigenvalue weighted by molar-refractivity contribution is 7.17. The first-order valence-corrected chi connectivity index (χ1v) is 12.7. The lowest BCUT2D eigenvalue weighted by atomic mass is 10.0. The number of rotatable bonds is 5. The molecule has 0 aliphatic heterocycles. The number of aryl methyl sites for hydroxylation is 3. The van der Waals surface area contributed by atoms with Crippen molar-refractivity contribution in [1.29, 1.82) is 0 Å². The van der Waals surface area contributed by atoms with Crippen molar-refractivity contribution in [3.05, 3.63) is 63.8 Å². The summed E-state index contributed by atoms with van der Waals surface area (Å²) in [7, 11) is 1.38. The van der Waals surface area contributed by atoms with Gasteiger partial charge < -0.3 is 10.1 Å². The van der Waals surface area contributed by atoms with Gasteiger partial charge in [-0.05, 0) is 62.3 Å². The van der Waals surface area contributed by atoms with Gasteiger partial charge in [-0.15, -0.1) is 11.3 Å². The third-order valence-electron chi connectivity index (χ3n) is 6.53. The fourth-order valence-electron chi connectivity index (χ4n) is 4.82. The van der Waals surface area contributed by atoms with Crippen LogP contribution in [-0.2, 0) is 28.9 Å². The zero-order chi connectivity index (χ0) is 24.5. The number of carbonyl (C=O) groups excluding carboxylic acids is 2. The normalized spacial score (nSPS) is 13.3. The Kier molecular flexibility index (Phi) is 6.38. The van der Waals surface area contributed by atoms with E-state index in [0.717, 1.165) is 59.9 Å². The molecule has 0 radical (unpaired) electrons. The van der Waals surface area contributed by atoms with Crippen LogP contribution in [0, 0.1) is 13.8 Å². The SMILES string of the molecule is COC(=O)c1c(NC(=O)Cn2nc(C)c3c(-c4ccc(C)cc4)ccnc32)sc2c1CCCCC2. The summed E-state index contributed by atoms with van der Waals surface area (Å²) in [5, 5.41) is 9.10. The summed E-state index contributed by atoms with van der Waals surface area (Å²) >= 11 is 1.49. The van der Waals surface area contributed by atoms with Gasteiger partial charge in [-0.1, -0.05) is 36.2 Å². The Balaban J connectivity index is 1.45. The first-order valence-electron chi connectivity index (χ1n) is 11.9. The number of carbonyl (C=O) groups is 2. The number of nitrogens with one attached hydrogen (secondary N) is 1. The predicted molar refractivity (Wildman–Crippen MR) is 138 cm³/mol. The number of methoxy groups -OCH3 is 1. The molecule has 3 heterocycles. The van der Waals surface area contributed by atoms with Crippen LogP contribution in [0.15, 0.2) is 36.5 Å². The fraction of sp³-hybridized carbons (Fsp3) is 0.333. The summed E-state index contributed by atoms with van der Waals surface area (Å²) in [4.78, 5) is 31.4. The lowest BCUT2D eigenvalue weighted by Gasteiger charge is -2.08. The molecule has 1 amide bonds. The zero-order valence-corrected chi connectivity index (χ0v) is 21.0. The van der Waals surface area contributed by atoms with Gasteiger partial charge in [0.15, 0.2) is 5.65 Å². The number of fused-ring (bicyclic) bond motifs is 2. The quantitative estimate of drug-likeness (QED) is 0.297. The minimum atomic E-state index is -0.399. The molecule has 0 spiro atoms. The number of ether oxygens (including phenoxy) is 1. The van der Waals surface area contributed by atoms with Crippen molar-refractivity contribution in [2.45, 2.75) is 52.5 Å². The molecule has 35 heavy (non-hydrogen) atoms. The Hall–Kier alpha value is -3.52. The average molecular weight is 489 g/mol. The topological polar surface area (TPSA) is 86.1 Å². The van der Waals surface area contributed by atoms with Crippen molar-refractivity contribution in [2.75, 3.05) is 12.4 Å². The summed E-state index contributed by atoms with van der Waals surface area (Å²) in [6.07, 6.45) is 6.78. The van der Waals surface area contributed by atoms with Crippen molar-refractivity contribution < 1.29 is 14.3 Å². The minimum Gasteiger partial charge on any atom is -0.465 e. The van der Waals surface area contributed by atoms with Crippen LogP contribution >= 0.6 is 11.3 Å². The second kappa shape index (κ2) is 9.62. The first-order chi connectivity index (χ1) is 17.0. The molecule has 0 saturated heterocycles. The van der Waals surface area contributed by atoms with E-state index in [9.17, 15) is 9.59 Å². The van der Waals surface area contributed by atoms with Gasteiger partial charge >= 0.3 is 5.97 Å². The molecular formula is C27H28N4O3S. The number of anilines is 1. The second-order valence-electron chi connectivity index (χ2n) is 8.97. The van der Waals surface area contributed by atoms with Crippen LogP contribution in [-0.4, -0.2) is 33.8 Å². The predicted octanol–water partition coefficient (Wildman–Crippen LogP) is 5.47. The minimum absolute atomic E-state index is 0.00211. The van der Waals surface area contributed by atoms with E-state index in [1.807, 2.05) is 13.0 Å². The third-order valence-corrected chi connectivity index (χ3v) is 7.73. The standard InChI is InChI=1S/C27H28N4O3S/c1-16-9-11-18(12-10-16)19-13-14-28-25-23(19)17(2)30-31(25)15-22(32)29-26-24(27(33)34-3)20-7-5-4-6-8-21(20)35-26/h9-14H,4-8,15H2,1-3H3,(H,29,32). The maximum atomic E-state index is 13.1. The summed E-state index contributed by atoms with van der Waals surface area (Å²) in [5.41, 5.74) is 6.32. The second-order valence-corrected chi connectivity index (χ2v) is 10.1. The molecular weight excluding hydrogens is 460 g/mol. The van der Waals surface area contributed by atoms with Gasteiger partial charge in [0, 0.05) is 16.5 Å². The number of hydrogen-bond donors (Lipinski definition) is 1. The summed E-state index contributed by atoms with van der Waals surface area (Å²) < 4.78 is 6.69. The molecule has 0 bridgehead atoms. The summed E-state index contributed by atoms with van der Waals surface area (Å²) in [6.45, 7) is 3.99. The zero-order valence-electron chi connectivity index (χ0n) is 20.2. The summed E-state index contributed by atoms with van der Waals surface area (Å²) in [5.74, 6) is -0.650. The van der Waals surface area contributed by atoms with Gasteiger partial charge in [-0.25, -0.2) is 14.5 Å². The third kappa shape index (κ3) is 4.46. The molecule has 1 N–H and O–H groups in total. The highest BCUT2D eigenvalue weighted by Gasteiger charge is 2.26. The fourth-order valence-corrected chi connectivity index (χ4v) is 6.11. The maximum absolute atomic E-state index is 13.1. The van der Waals surface area contributed by atoms with Gasteiger partial charge in [0.2, 0.25) is 5.91 Å². The maximum Gasteiger partial charge on any atom is 0.341 e. The largest absolute Gasteiger partial charge is 0.465 e. The van der Waals surface area contributed by atoms with Gasteiger partial charge in [0.25, 0.3) is 0 Å². The van der Waals surface area contributed by atoms with Gasteiger partial charge in [0.05, 0.1) is 18.4 Å². The number of amides is 1. The van der Waals surface area contributed by atoms with Crippen molar-refractivity contribution in [3.8, 4) is 11.1 Å². The van der Waals surface area contributed by atoms with E-state index in [4.69, 9.17) is 4.74 Å². The van der Waals surface area contributed by atoms with Crippen molar-refractivity contribution in [3.63, 3.8) is 0 Å². The number of pyridine rings is 1. The molecule has 3 aromatic heterocycles. The molecule has 0 unspecified atom stereocenters. The van der Waals surface area contributed by atoms with Crippen molar-refractivity contribution >= 4 is 39.2 Å². The molecule has 7 nitrogen and oxygen atoms in total. The van der Waals surface area contributed by atoms with Crippen molar-refractivity contribution in [1.82, 2.24) is 14.8 Å². The van der Waals surface area contributed by atoms with E-state index >= 15 is 0 Å². The lowest BCUT2D eigenvalue weighted by Crippen LogP contribution is -2.20. The molecule has 1 aliphatic carbocycles. The Morgan fingerprint density at radius 2 is 1.86 bits per heavy atom. The Morgan fingerprint density at radius 1 is 1.09 bits per heavy atom. The van der Waals surface area contributed by atoms with E-state index in [2.05, 4.69) is 46.6 Å². The molecule has 1 aliphatic rings. The van der Waals surface area contributed by atoms with Crippen LogP contribution in [0.5, 0.6) is 0 Å². The Morgan fingerprint density at radius 3 is 2.63 bits per heavy atom. The molecule has 180 valence electrons. The smallest absolute Gasteiger partial charge is 0.341 e. The molecule has 0 fully saturated rings. The van der Waals surface area contributed by atoms with Gasteiger partial charge in [-0.3, -0.25) is 4.79 Å². The summed E-state index contributed by atoms with van der Waals surface area (Å²) in [6, 6.07) is 10.3. The van der Waals surface area contributed by atoms with Crippen molar-refractivity contribution in [2.24, 2.45) is 0 Å². The van der Waals surface area contributed by atoms with E-state index in [-0.39, 0.29) is 12.5 Å². The van der Waals surface area contributed by atoms with E-state index in [1.54, 1.807) is 10.9 Å². The van der Waals surface area contributed by atoms with Crippen LogP contribution in [0.1, 0.15) is 51.3 Å². The van der Waals surface area contributed by atoms with Crippen LogP contribution in [0.2, 0.25) is 0 Å². The highest BCUT2D eigenvalue weighted by atomic mass is 32.1. The molecule has 0 atom stereocenters. The number of thiophene rings is 1. The highest BCUT2D eigenvalue weighted by Crippen LogP contribution is 2.38. The molecule has 8 heteroatoms. The monoisotopic (exact) mass is 488 g/mol. The number of esters is 1. The molecule has 1 aromatic carbocycles. The Labute approximate surface area is 208 Å². The van der Waals surface area contributed by atoms with E-state index < -0.39 is 5.97 Å². The van der Waals surface area contributed by atoms with Crippen LogP contribution in [0.25, 0.3) is 22.2 Å². The van der Waals surface area contributed by atoms with Crippen LogP contribution < -0.4 is 5.32 Å². The molecule has 0 saturated carbocycles. The lowest BCUT2D eigenvalue weighted by molar-refractivity contribution is -0.116. The number of aromatic nitrogens is 3. The number of nitrogens with zero attached hydrogens (tertiary/aromatic N) is 3. The number of hydrogen-bond acceptors (Lipinski definition) is 6. The first kappa shape index (κ1) is 23.2. The molecule has 5 rings (SSSR count).